The summed E-state index contributed by atoms with van der Waals surface area (Å²) >= 11 is 0. The van der Waals surface area contributed by atoms with Crippen molar-refractivity contribution in [3.63, 3.8) is 0 Å². The molecule has 4 heterocycles. The highest BCUT2D eigenvalue weighted by molar-refractivity contribution is 5.85. The maximum Gasteiger partial charge on any atom is 0.379 e. The van der Waals surface area contributed by atoms with Gasteiger partial charge in [-0.25, -0.2) is 9.59 Å². The van der Waals surface area contributed by atoms with Gasteiger partial charge >= 0.3 is 11.9 Å². The Morgan fingerprint density at radius 1 is 0.929 bits per heavy atom. The van der Waals surface area contributed by atoms with Crippen molar-refractivity contribution < 1.29 is 37.5 Å². The zero-order valence-corrected chi connectivity index (χ0v) is 14.0. The Morgan fingerprint density at radius 3 is 1.89 bits per heavy atom. The molecule has 1 N–H and O–H groups in total. The monoisotopic (exact) mass is 390 g/mol. The van der Waals surface area contributed by atoms with Crippen LogP contribution in [0.25, 0.3) is 23.2 Å². The van der Waals surface area contributed by atoms with Crippen molar-refractivity contribution in [3.8, 4) is 23.2 Å². The van der Waals surface area contributed by atoms with Gasteiger partial charge in [-0.15, -0.1) is 0 Å². The quantitative estimate of drug-likeness (QED) is 0.479. The number of aromatic nitrogens is 6. The van der Waals surface area contributed by atoms with Crippen LogP contribution in [0.2, 0.25) is 0 Å². The molecule has 14 nitrogen and oxygen atoms in total. The molecular formula is C14H10N6O8. The third-order valence-electron chi connectivity index (χ3n) is 2.82. The molecule has 14 heteroatoms. The van der Waals surface area contributed by atoms with Crippen molar-refractivity contribution in [2.75, 3.05) is 6.61 Å². The zero-order valence-electron chi connectivity index (χ0n) is 14.0. The van der Waals surface area contributed by atoms with Crippen molar-refractivity contribution in [2.24, 2.45) is 0 Å². The van der Waals surface area contributed by atoms with Gasteiger partial charge < -0.3 is 27.9 Å². The van der Waals surface area contributed by atoms with Gasteiger partial charge in [0.2, 0.25) is 0 Å². The van der Waals surface area contributed by atoms with Crippen LogP contribution in [0.5, 0.6) is 0 Å². The van der Waals surface area contributed by atoms with Gasteiger partial charge in [-0.1, -0.05) is 10.3 Å². The Morgan fingerprint density at radius 2 is 1.46 bits per heavy atom. The van der Waals surface area contributed by atoms with Gasteiger partial charge in [-0.2, -0.15) is 9.97 Å². The molecule has 0 spiro atoms. The fourth-order valence-electron chi connectivity index (χ4n) is 1.67. The lowest BCUT2D eigenvalue weighted by atomic mass is 10.4. The summed E-state index contributed by atoms with van der Waals surface area (Å²) in [5.74, 6) is -2.28. The highest BCUT2D eigenvalue weighted by atomic mass is 16.5. The third-order valence-corrected chi connectivity index (χ3v) is 2.82. The lowest BCUT2D eigenvalue weighted by Crippen LogP contribution is -2.06. The van der Waals surface area contributed by atoms with Gasteiger partial charge in [0.1, 0.15) is 12.5 Å². The Balaban J connectivity index is 0.000000162. The molecule has 0 atom stereocenters. The van der Waals surface area contributed by atoms with Crippen LogP contribution in [0, 0.1) is 0 Å². The lowest BCUT2D eigenvalue weighted by Gasteiger charge is -1.93. The maximum absolute atomic E-state index is 11.2. The number of carboxylic acids is 1. The maximum atomic E-state index is 11.2. The summed E-state index contributed by atoms with van der Waals surface area (Å²) in [6.45, 7) is 1.95. The number of carboxylic acid groups (broad SMARTS) is 1. The van der Waals surface area contributed by atoms with E-state index in [0.29, 0.717) is 11.4 Å². The Bertz CT molecular complexity index is 1040. The molecule has 0 fully saturated rings. The van der Waals surface area contributed by atoms with Gasteiger partial charge in [-0.3, -0.25) is 0 Å². The van der Waals surface area contributed by atoms with Crippen molar-refractivity contribution in [1.29, 1.82) is 0 Å². The summed E-state index contributed by atoms with van der Waals surface area (Å²) in [5.41, 5.74) is 0.679. The molecule has 0 aliphatic carbocycles. The number of esters is 1. The standard InChI is InChI=1S/C8H7N3O4.C6H3N3O4/c1-2-13-8(12)6-9-7(15-11-6)5-3-4-14-10-5;10-6(11)4-7-5(13-9-4)3-1-2-12-8-3/h3-4H,2H2,1H3;1-2H,(H,10,11). The van der Waals surface area contributed by atoms with Crippen molar-refractivity contribution in [2.45, 2.75) is 6.92 Å². The number of carbonyl (C=O) groups excluding carboxylic acids is 1. The third kappa shape index (κ3) is 4.24. The summed E-state index contributed by atoms with van der Waals surface area (Å²) in [5, 5.41) is 22.2. The van der Waals surface area contributed by atoms with Crippen LogP contribution in [-0.4, -0.2) is 54.2 Å². The van der Waals surface area contributed by atoms with E-state index in [-0.39, 0.29) is 24.2 Å². The molecule has 0 aliphatic rings. The second-order valence-electron chi connectivity index (χ2n) is 4.64. The molecular weight excluding hydrogens is 380 g/mol. The van der Waals surface area contributed by atoms with E-state index >= 15 is 0 Å². The number of nitrogens with zero attached hydrogens (tertiary/aromatic N) is 6. The number of aromatic carboxylic acids is 1. The van der Waals surface area contributed by atoms with Gasteiger partial charge in [0, 0.05) is 12.1 Å². The van der Waals surface area contributed by atoms with E-state index in [4.69, 9.17) is 14.4 Å². The first kappa shape index (κ1) is 18.4. The predicted molar refractivity (Wildman–Crippen MR) is 82.5 cm³/mol. The molecule has 0 bridgehead atoms. The second-order valence-corrected chi connectivity index (χ2v) is 4.64. The average Bonchev–Trinajstić information content (AvgIpc) is 3.50. The molecule has 144 valence electrons. The highest BCUT2D eigenvalue weighted by Gasteiger charge is 2.18. The minimum Gasteiger partial charge on any atom is -0.475 e. The van der Waals surface area contributed by atoms with Crippen LogP contribution in [0.3, 0.4) is 0 Å². The summed E-state index contributed by atoms with van der Waals surface area (Å²) < 4.78 is 23.2. The number of carbonyl (C=O) groups is 2. The minimum atomic E-state index is -1.25. The molecule has 4 aromatic rings. The summed E-state index contributed by atoms with van der Waals surface area (Å²) in [4.78, 5) is 28.9. The Hall–Kier alpha value is -4.36. The first-order valence-corrected chi connectivity index (χ1v) is 7.47. The van der Waals surface area contributed by atoms with Gasteiger partial charge in [0.15, 0.2) is 11.4 Å². The van der Waals surface area contributed by atoms with Crippen LogP contribution in [0.15, 0.2) is 42.8 Å². The van der Waals surface area contributed by atoms with E-state index in [9.17, 15) is 9.59 Å². The topological polar surface area (TPSA) is 193 Å². The molecule has 0 aromatic carbocycles. The molecule has 0 unspecified atom stereocenters. The van der Waals surface area contributed by atoms with Crippen molar-refractivity contribution >= 4 is 11.9 Å². The predicted octanol–water partition coefficient (Wildman–Crippen LogP) is 1.32. The molecule has 28 heavy (non-hydrogen) atoms. The Kier molecular flexibility index (Phi) is 5.49. The van der Waals surface area contributed by atoms with E-state index in [1.165, 1.54) is 18.6 Å². The van der Waals surface area contributed by atoms with Crippen LogP contribution in [0.4, 0.5) is 0 Å². The Labute approximate surface area is 154 Å². The molecule has 0 aliphatic heterocycles. The van der Waals surface area contributed by atoms with Gasteiger partial charge in [0.05, 0.1) is 6.61 Å². The molecule has 0 radical (unpaired) electrons. The first-order valence-electron chi connectivity index (χ1n) is 7.47. The summed E-state index contributed by atoms with van der Waals surface area (Å²) in [7, 11) is 0. The molecule has 0 saturated heterocycles. The fraction of sp³-hybridized carbons (Fsp3) is 0.143. The first-order chi connectivity index (χ1) is 13.6. The SMILES string of the molecule is CCOC(=O)c1noc(-c2ccon2)n1.O=C(O)c1noc(-c2ccon2)n1. The normalized spacial score (nSPS) is 10.2. The van der Waals surface area contributed by atoms with Crippen molar-refractivity contribution in [3.05, 3.63) is 36.3 Å². The number of rotatable bonds is 5. The number of ether oxygens (including phenoxy) is 1. The van der Waals surface area contributed by atoms with Crippen LogP contribution in [0.1, 0.15) is 28.2 Å². The van der Waals surface area contributed by atoms with E-state index in [1.54, 1.807) is 13.0 Å². The van der Waals surface area contributed by atoms with E-state index in [0.717, 1.165) is 0 Å². The highest BCUT2D eigenvalue weighted by Crippen LogP contribution is 2.14. The van der Waals surface area contributed by atoms with Crippen LogP contribution >= 0.6 is 0 Å². The van der Waals surface area contributed by atoms with Crippen LogP contribution in [-0.2, 0) is 4.74 Å². The van der Waals surface area contributed by atoms with E-state index in [2.05, 4.69) is 44.2 Å². The molecule has 0 amide bonds. The van der Waals surface area contributed by atoms with Gasteiger partial charge in [0.25, 0.3) is 23.4 Å². The molecule has 4 rings (SSSR count). The smallest absolute Gasteiger partial charge is 0.379 e. The zero-order chi connectivity index (χ0) is 19.9. The van der Waals surface area contributed by atoms with Gasteiger partial charge in [-0.05, 0) is 17.2 Å². The summed E-state index contributed by atoms with van der Waals surface area (Å²) in [6.07, 6.45) is 2.68. The van der Waals surface area contributed by atoms with E-state index in [1.807, 2.05) is 0 Å². The average molecular weight is 390 g/mol. The van der Waals surface area contributed by atoms with Crippen LogP contribution < -0.4 is 0 Å². The lowest BCUT2D eigenvalue weighted by molar-refractivity contribution is 0.0508. The fourth-order valence-corrected chi connectivity index (χ4v) is 1.67. The molecule has 0 saturated carbocycles. The minimum absolute atomic E-state index is 0.0196. The largest absolute Gasteiger partial charge is 0.475 e. The second kappa shape index (κ2) is 8.35. The number of hydrogen-bond acceptors (Lipinski definition) is 13. The van der Waals surface area contributed by atoms with E-state index < -0.39 is 17.8 Å². The molecule has 4 aromatic heterocycles. The summed E-state index contributed by atoms with van der Waals surface area (Å²) in [6, 6.07) is 3.03. The number of hydrogen-bond donors (Lipinski definition) is 1. The van der Waals surface area contributed by atoms with Crippen molar-refractivity contribution in [1.82, 2.24) is 30.6 Å².